The molecular weight excluding hydrogens is 242 g/mol. The summed E-state index contributed by atoms with van der Waals surface area (Å²) in [5.41, 5.74) is 0. The first-order valence-corrected chi connectivity index (χ1v) is 7.38. The summed E-state index contributed by atoms with van der Waals surface area (Å²) in [5, 5.41) is 3.44. The first-order chi connectivity index (χ1) is 9.13. The van der Waals surface area contributed by atoms with Gasteiger partial charge in [-0.05, 0) is 19.9 Å². The molecule has 1 aliphatic heterocycles. The Morgan fingerprint density at radius 3 is 2.68 bits per heavy atom. The monoisotopic (exact) mass is 271 g/mol. The molecule has 0 saturated carbocycles. The average molecular weight is 271 g/mol. The third-order valence-electron chi connectivity index (χ3n) is 3.72. The van der Waals surface area contributed by atoms with E-state index in [0.717, 1.165) is 45.5 Å². The van der Waals surface area contributed by atoms with Crippen molar-refractivity contribution >= 4 is 5.91 Å². The highest BCUT2D eigenvalue weighted by molar-refractivity contribution is 5.84. The molecule has 19 heavy (non-hydrogen) atoms. The van der Waals surface area contributed by atoms with Crippen molar-refractivity contribution in [2.45, 2.75) is 45.3 Å². The van der Waals surface area contributed by atoms with Crippen LogP contribution in [0.15, 0.2) is 0 Å². The summed E-state index contributed by atoms with van der Waals surface area (Å²) in [6, 6.07) is 0.0147. The molecule has 112 valence electrons. The van der Waals surface area contributed by atoms with E-state index in [1.54, 1.807) is 7.11 Å². The van der Waals surface area contributed by atoms with E-state index < -0.39 is 0 Å². The lowest BCUT2D eigenvalue weighted by Crippen LogP contribution is -2.42. The molecule has 0 aliphatic carbocycles. The average Bonchev–Trinajstić information content (AvgIpc) is 2.70. The van der Waals surface area contributed by atoms with Gasteiger partial charge in [-0.3, -0.25) is 10.1 Å². The van der Waals surface area contributed by atoms with Gasteiger partial charge in [-0.25, -0.2) is 0 Å². The van der Waals surface area contributed by atoms with Crippen LogP contribution in [0.5, 0.6) is 0 Å². The van der Waals surface area contributed by atoms with Crippen molar-refractivity contribution < 1.29 is 9.53 Å². The number of likely N-dealkylation sites (N-methyl/N-ethyl adjacent to an activating group) is 1. The first kappa shape index (κ1) is 16.4. The highest BCUT2D eigenvalue weighted by Gasteiger charge is 2.36. The Bertz CT molecular complexity index is 273. The summed E-state index contributed by atoms with van der Waals surface area (Å²) in [6.07, 6.45) is 3.22. The Balaban J connectivity index is 2.46. The zero-order chi connectivity index (χ0) is 14.3. The molecule has 1 aliphatic rings. The molecule has 0 radical (unpaired) electrons. The molecule has 0 aromatic heterocycles. The normalized spacial score (nSPS) is 23.6. The van der Waals surface area contributed by atoms with Gasteiger partial charge < -0.3 is 14.5 Å². The first-order valence-electron chi connectivity index (χ1n) is 7.38. The van der Waals surface area contributed by atoms with Crippen molar-refractivity contribution in [2.75, 3.05) is 40.4 Å². The highest BCUT2D eigenvalue weighted by Crippen LogP contribution is 2.16. The lowest BCUT2D eigenvalue weighted by molar-refractivity contribution is -0.130. The molecule has 0 aromatic rings. The van der Waals surface area contributed by atoms with Crippen LogP contribution in [0.25, 0.3) is 0 Å². The van der Waals surface area contributed by atoms with Gasteiger partial charge >= 0.3 is 0 Å². The van der Waals surface area contributed by atoms with E-state index in [0.29, 0.717) is 0 Å². The van der Waals surface area contributed by atoms with E-state index >= 15 is 0 Å². The predicted molar refractivity (Wildman–Crippen MR) is 77.0 cm³/mol. The molecule has 0 aromatic carbocycles. The Labute approximate surface area is 117 Å². The molecule has 0 spiro atoms. The third kappa shape index (κ3) is 4.75. The quantitative estimate of drug-likeness (QED) is 0.677. The molecule has 1 N–H and O–H groups in total. The van der Waals surface area contributed by atoms with E-state index in [1.165, 1.54) is 0 Å². The SMILES string of the molecule is CCCC1NC(CC)C(=O)N1CCN(C)CCOC. The van der Waals surface area contributed by atoms with Crippen LogP contribution in [0, 0.1) is 0 Å². The van der Waals surface area contributed by atoms with E-state index in [2.05, 4.69) is 31.1 Å². The number of carbonyl (C=O) groups is 1. The van der Waals surface area contributed by atoms with Crippen LogP contribution in [0.1, 0.15) is 33.1 Å². The number of hydrogen-bond acceptors (Lipinski definition) is 4. The second-order valence-corrected chi connectivity index (χ2v) is 5.26. The number of carbonyl (C=O) groups excluding carboxylic acids is 1. The summed E-state index contributed by atoms with van der Waals surface area (Å²) in [4.78, 5) is 16.5. The molecule has 5 heteroatoms. The van der Waals surface area contributed by atoms with Crippen molar-refractivity contribution in [1.82, 2.24) is 15.1 Å². The van der Waals surface area contributed by atoms with Crippen LogP contribution in [0.2, 0.25) is 0 Å². The van der Waals surface area contributed by atoms with Gasteiger partial charge in [0, 0.05) is 26.7 Å². The summed E-state index contributed by atoms with van der Waals surface area (Å²) in [5.74, 6) is 0.265. The second-order valence-electron chi connectivity index (χ2n) is 5.26. The molecule has 1 rings (SSSR count). The minimum atomic E-state index is 0.0147. The molecule has 5 nitrogen and oxygen atoms in total. The zero-order valence-electron chi connectivity index (χ0n) is 12.8. The summed E-state index contributed by atoms with van der Waals surface area (Å²) in [7, 11) is 3.78. The van der Waals surface area contributed by atoms with Crippen LogP contribution in [0.3, 0.4) is 0 Å². The number of methoxy groups -OCH3 is 1. The summed E-state index contributed by atoms with van der Waals surface area (Å²) in [6.45, 7) is 7.56. The fourth-order valence-corrected chi connectivity index (χ4v) is 2.46. The highest BCUT2D eigenvalue weighted by atomic mass is 16.5. The number of nitrogens with zero attached hydrogens (tertiary/aromatic N) is 2. The number of amides is 1. The van der Waals surface area contributed by atoms with Crippen molar-refractivity contribution in [3.05, 3.63) is 0 Å². The Kier molecular flexibility index (Phi) is 7.34. The minimum Gasteiger partial charge on any atom is -0.383 e. The van der Waals surface area contributed by atoms with Crippen LogP contribution in [0.4, 0.5) is 0 Å². The maximum atomic E-state index is 12.3. The zero-order valence-corrected chi connectivity index (χ0v) is 12.8. The lowest BCUT2D eigenvalue weighted by Gasteiger charge is -2.26. The van der Waals surface area contributed by atoms with E-state index in [-0.39, 0.29) is 18.1 Å². The fraction of sp³-hybridized carbons (Fsp3) is 0.929. The van der Waals surface area contributed by atoms with Gasteiger partial charge in [-0.1, -0.05) is 20.3 Å². The standard InChI is InChI=1S/C14H29N3O2/c1-5-7-13-15-12(6-2)14(18)17(13)9-8-16(3)10-11-19-4/h12-13,15H,5-11H2,1-4H3. The van der Waals surface area contributed by atoms with Crippen LogP contribution in [-0.2, 0) is 9.53 Å². The van der Waals surface area contributed by atoms with Gasteiger partial charge in [-0.15, -0.1) is 0 Å². The number of hydrogen-bond donors (Lipinski definition) is 1. The van der Waals surface area contributed by atoms with Gasteiger partial charge in [-0.2, -0.15) is 0 Å². The second kappa shape index (κ2) is 8.51. The van der Waals surface area contributed by atoms with E-state index in [4.69, 9.17) is 4.74 Å². The molecule has 2 atom stereocenters. The van der Waals surface area contributed by atoms with Crippen molar-refractivity contribution in [1.29, 1.82) is 0 Å². The number of ether oxygens (including phenoxy) is 1. The molecule has 1 saturated heterocycles. The minimum absolute atomic E-state index is 0.0147. The van der Waals surface area contributed by atoms with E-state index in [9.17, 15) is 4.79 Å². The Hall–Kier alpha value is -0.650. The summed E-state index contributed by atoms with van der Waals surface area (Å²) >= 11 is 0. The topological polar surface area (TPSA) is 44.8 Å². The van der Waals surface area contributed by atoms with Crippen LogP contribution >= 0.6 is 0 Å². The lowest BCUT2D eigenvalue weighted by atomic mass is 10.2. The van der Waals surface area contributed by atoms with Crippen molar-refractivity contribution in [3.63, 3.8) is 0 Å². The third-order valence-corrected chi connectivity index (χ3v) is 3.72. The van der Waals surface area contributed by atoms with Gasteiger partial charge in [0.25, 0.3) is 0 Å². The molecular formula is C14H29N3O2. The molecule has 0 bridgehead atoms. The van der Waals surface area contributed by atoms with Gasteiger partial charge in [0.2, 0.25) is 5.91 Å². The fourth-order valence-electron chi connectivity index (χ4n) is 2.46. The largest absolute Gasteiger partial charge is 0.383 e. The smallest absolute Gasteiger partial charge is 0.241 e. The maximum absolute atomic E-state index is 12.3. The van der Waals surface area contributed by atoms with Crippen molar-refractivity contribution in [3.8, 4) is 0 Å². The van der Waals surface area contributed by atoms with Crippen molar-refractivity contribution in [2.24, 2.45) is 0 Å². The molecule has 1 fully saturated rings. The predicted octanol–water partition coefficient (Wildman–Crippen LogP) is 0.901. The van der Waals surface area contributed by atoms with E-state index in [1.807, 2.05) is 4.90 Å². The Morgan fingerprint density at radius 2 is 2.11 bits per heavy atom. The van der Waals surface area contributed by atoms with Crippen LogP contribution in [-0.4, -0.2) is 68.3 Å². The van der Waals surface area contributed by atoms with Gasteiger partial charge in [0.05, 0.1) is 18.8 Å². The van der Waals surface area contributed by atoms with Gasteiger partial charge in [0.1, 0.15) is 0 Å². The summed E-state index contributed by atoms with van der Waals surface area (Å²) < 4.78 is 5.07. The molecule has 2 unspecified atom stereocenters. The maximum Gasteiger partial charge on any atom is 0.241 e. The van der Waals surface area contributed by atoms with Gasteiger partial charge in [0.15, 0.2) is 0 Å². The number of nitrogens with one attached hydrogen (secondary N) is 1. The molecule has 1 amide bonds. The molecule has 1 heterocycles. The number of rotatable bonds is 9. The Morgan fingerprint density at radius 1 is 1.37 bits per heavy atom. The van der Waals surface area contributed by atoms with Crippen LogP contribution < -0.4 is 5.32 Å².